The first-order chi connectivity index (χ1) is 13.0. The Morgan fingerprint density at radius 2 is 1.78 bits per heavy atom. The number of methoxy groups -OCH3 is 3. The van der Waals surface area contributed by atoms with E-state index in [0.29, 0.717) is 33.4 Å². The molecule has 1 saturated carbocycles. The fraction of sp³-hybridized carbons (Fsp3) is 0.350. The van der Waals surface area contributed by atoms with Gasteiger partial charge in [-0.15, -0.1) is 0 Å². The van der Waals surface area contributed by atoms with Crippen LogP contribution in [0.4, 0.5) is 4.39 Å². The van der Waals surface area contributed by atoms with Gasteiger partial charge in [-0.3, -0.25) is 4.79 Å². The predicted molar refractivity (Wildman–Crippen MR) is 100 cm³/mol. The summed E-state index contributed by atoms with van der Waals surface area (Å²) in [7, 11) is 4.48. The maximum absolute atomic E-state index is 14.2. The lowest BCUT2D eigenvalue weighted by Gasteiger charge is -2.24. The van der Waals surface area contributed by atoms with Crippen LogP contribution in [0.15, 0.2) is 30.3 Å². The van der Waals surface area contributed by atoms with Gasteiger partial charge < -0.3 is 19.1 Å². The van der Waals surface area contributed by atoms with Gasteiger partial charge in [0.05, 0.1) is 27.9 Å². The van der Waals surface area contributed by atoms with Crippen molar-refractivity contribution in [2.75, 3.05) is 21.3 Å². The lowest BCUT2D eigenvalue weighted by Crippen LogP contribution is -2.33. The highest BCUT2D eigenvalue weighted by atomic mass is 35.5. The number of hydrogen-bond donors (Lipinski definition) is 0. The number of carbonyl (C=O) groups excluding carboxylic acids is 1. The van der Waals surface area contributed by atoms with Crippen LogP contribution in [0.3, 0.4) is 0 Å². The molecule has 0 radical (unpaired) electrons. The zero-order chi connectivity index (χ0) is 19.6. The quantitative estimate of drug-likeness (QED) is 0.703. The lowest BCUT2D eigenvalue weighted by atomic mass is 10.1. The van der Waals surface area contributed by atoms with Gasteiger partial charge in [0.2, 0.25) is 5.75 Å². The van der Waals surface area contributed by atoms with Crippen LogP contribution in [-0.4, -0.2) is 38.2 Å². The first-order valence-corrected chi connectivity index (χ1v) is 8.91. The predicted octanol–water partition coefficient (Wildman–Crippen LogP) is 4.31. The largest absolute Gasteiger partial charge is 0.493 e. The molecule has 0 atom stereocenters. The number of halogens is 2. The molecule has 2 aromatic carbocycles. The van der Waals surface area contributed by atoms with E-state index in [1.165, 1.54) is 27.4 Å². The van der Waals surface area contributed by atoms with Crippen LogP contribution in [0, 0.1) is 5.82 Å². The summed E-state index contributed by atoms with van der Waals surface area (Å²) in [6.45, 7) is 0.103. The Morgan fingerprint density at radius 1 is 1.15 bits per heavy atom. The number of benzene rings is 2. The Kier molecular flexibility index (Phi) is 5.75. The van der Waals surface area contributed by atoms with Crippen LogP contribution >= 0.6 is 11.6 Å². The Morgan fingerprint density at radius 3 is 2.26 bits per heavy atom. The van der Waals surface area contributed by atoms with E-state index in [-0.39, 0.29) is 18.5 Å². The molecule has 3 rings (SSSR count). The fourth-order valence-corrected chi connectivity index (χ4v) is 3.20. The first kappa shape index (κ1) is 19.3. The average Bonchev–Trinajstić information content (AvgIpc) is 3.51. The summed E-state index contributed by atoms with van der Waals surface area (Å²) in [6, 6.07) is 7.77. The van der Waals surface area contributed by atoms with Crippen molar-refractivity contribution in [2.45, 2.75) is 25.4 Å². The average molecular weight is 394 g/mol. The van der Waals surface area contributed by atoms with Gasteiger partial charge in [-0.25, -0.2) is 4.39 Å². The van der Waals surface area contributed by atoms with Gasteiger partial charge in [0, 0.05) is 22.2 Å². The van der Waals surface area contributed by atoms with Crippen LogP contribution in [0.5, 0.6) is 17.2 Å². The fourth-order valence-electron chi connectivity index (χ4n) is 2.98. The summed E-state index contributed by atoms with van der Waals surface area (Å²) >= 11 is 6.15. The number of amides is 1. The second kappa shape index (κ2) is 8.05. The maximum Gasteiger partial charge on any atom is 0.254 e. The van der Waals surface area contributed by atoms with Crippen LogP contribution < -0.4 is 14.2 Å². The Hall–Kier alpha value is -2.47. The molecule has 1 aliphatic rings. The number of rotatable bonds is 7. The van der Waals surface area contributed by atoms with Crippen LogP contribution in [0.2, 0.25) is 5.02 Å². The molecule has 0 N–H and O–H groups in total. The van der Waals surface area contributed by atoms with Crippen molar-refractivity contribution in [3.05, 3.63) is 52.3 Å². The number of hydrogen-bond acceptors (Lipinski definition) is 4. The standard InChI is InChI=1S/C20H21ClFNO4/c1-25-17-9-12(10-18(26-2)19(17)27-3)20(24)23(13-7-8-13)11-14-15(21)5-4-6-16(14)22/h4-6,9-10,13H,7-8,11H2,1-3H3. The van der Waals surface area contributed by atoms with E-state index in [1.54, 1.807) is 29.2 Å². The maximum atomic E-state index is 14.2. The summed E-state index contributed by atoms with van der Waals surface area (Å²) < 4.78 is 30.2. The van der Waals surface area contributed by atoms with E-state index in [4.69, 9.17) is 25.8 Å². The van der Waals surface area contributed by atoms with E-state index in [2.05, 4.69) is 0 Å². The second-order valence-electron chi connectivity index (χ2n) is 6.28. The molecule has 1 fully saturated rings. The van der Waals surface area contributed by atoms with Crippen LogP contribution in [-0.2, 0) is 6.54 Å². The molecule has 27 heavy (non-hydrogen) atoms. The first-order valence-electron chi connectivity index (χ1n) is 8.54. The van der Waals surface area contributed by atoms with Crippen LogP contribution in [0.25, 0.3) is 0 Å². The van der Waals surface area contributed by atoms with Gasteiger partial charge in [0.25, 0.3) is 5.91 Å². The minimum atomic E-state index is -0.425. The van der Waals surface area contributed by atoms with Gasteiger partial charge in [0.1, 0.15) is 5.82 Å². The third-order valence-electron chi connectivity index (χ3n) is 4.55. The highest BCUT2D eigenvalue weighted by molar-refractivity contribution is 6.31. The topological polar surface area (TPSA) is 48.0 Å². The molecule has 0 spiro atoms. The Balaban J connectivity index is 1.96. The van der Waals surface area contributed by atoms with Crippen LogP contribution in [0.1, 0.15) is 28.8 Å². The summed E-state index contributed by atoms with van der Waals surface area (Å²) in [6.07, 6.45) is 1.75. The third kappa shape index (κ3) is 3.95. The second-order valence-corrected chi connectivity index (χ2v) is 6.69. The molecule has 0 aliphatic heterocycles. The molecule has 0 unspecified atom stereocenters. The van der Waals surface area contributed by atoms with Gasteiger partial charge in [-0.1, -0.05) is 17.7 Å². The molecule has 1 aliphatic carbocycles. The normalized spacial score (nSPS) is 13.2. The van der Waals surface area contributed by atoms with E-state index < -0.39 is 5.82 Å². The number of ether oxygens (including phenoxy) is 3. The van der Waals surface area contributed by atoms with Crippen molar-refractivity contribution >= 4 is 17.5 Å². The SMILES string of the molecule is COc1cc(C(=O)N(Cc2c(F)cccc2Cl)C2CC2)cc(OC)c1OC. The van der Waals surface area contributed by atoms with Gasteiger partial charge in [-0.05, 0) is 37.1 Å². The van der Waals surface area contributed by atoms with Crippen molar-refractivity contribution < 1.29 is 23.4 Å². The molecular weight excluding hydrogens is 373 g/mol. The number of carbonyl (C=O) groups is 1. The smallest absolute Gasteiger partial charge is 0.254 e. The highest BCUT2D eigenvalue weighted by Crippen LogP contribution is 2.39. The van der Waals surface area contributed by atoms with E-state index in [9.17, 15) is 9.18 Å². The third-order valence-corrected chi connectivity index (χ3v) is 4.90. The molecule has 0 heterocycles. The van der Waals surface area contributed by atoms with E-state index in [1.807, 2.05) is 0 Å². The monoisotopic (exact) mass is 393 g/mol. The summed E-state index contributed by atoms with van der Waals surface area (Å²) in [5, 5.41) is 0.304. The van der Waals surface area contributed by atoms with Gasteiger partial charge >= 0.3 is 0 Å². The van der Waals surface area contributed by atoms with E-state index >= 15 is 0 Å². The Labute approximate surface area is 162 Å². The molecular formula is C20H21ClFNO4. The van der Waals surface area contributed by atoms with Gasteiger partial charge in [0.15, 0.2) is 11.5 Å². The Bertz CT molecular complexity index is 809. The molecule has 1 amide bonds. The zero-order valence-electron chi connectivity index (χ0n) is 15.4. The van der Waals surface area contributed by atoms with Crippen molar-refractivity contribution in [1.29, 1.82) is 0 Å². The van der Waals surface area contributed by atoms with Crippen molar-refractivity contribution in [3.8, 4) is 17.2 Å². The molecule has 0 bridgehead atoms. The lowest BCUT2D eigenvalue weighted by molar-refractivity contribution is 0.0727. The highest BCUT2D eigenvalue weighted by Gasteiger charge is 2.34. The summed E-state index contributed by atoms with van der Waals surface area (Å²) in [5.41, 5.74) is 0.690. The minimum absolute atomic E-state index is 0.0623. The van der Waals surface area contributed by atoms with Crippen molar-refractivity contribution in [2.24, 2.45) is 0 Å². The molecule has 0 aromatic heterocycles. The molecule has 0 saturated heterocycles. The van der Waals surface area contributed by atoms with Gasteiger partial charge in [-0.2, -0.15) is 0 Å². The molecule has 144 valence electrons. The van der Waals surface area contributed by atoms with Crippen molar-refractivity contribution in [3.63, 3.8) is 0 Å². The molecule has 2 aromatic rings. The summed E-state index contributed by atoms with van der Waals surface area (Å²) in [5.74, 6) is 0.522. The van der Waals surface area contributed by atoms with Crippen molar-refractivity contribution in [1.82, 2.24) is 4.90 Å². The number of nitrogens with zero attached hydrogens (tertiary/aromatic N) is 1. The summed E-state index contributed by atoms with van der Waals surface area (Å²) in [4.78, 5) is 14.8. The molecule has 5 nitrogen and oxygen atoms in total. The zero-order valence-corrected chi connectivity index (χ0v) is 16.2. The van der Waals surface area contributed by atoms with E-state index in [0.717, 1.165) is 12.8 Å². The molecule has 7 heteroatoms. The minimum Gasteiger partial charge on any atom is -0.493 e.